The van der Waals surface area contributed by atoms with Crippen LogP contribution in [0.15, 0.2) is 164 Å². The van der Waals surface area contributed by atoms with Crippen molar-refractivity contribution in [2.75, 3.05) is 4.90 Å². The molecule has 10 rings (SSSR count). The van der Waals surface area contributed by atoms with Gasteiger partial charge in [-0.1, -0.05) is 179 Å². The summed E-state index contributed by atoms with van der Waals surface area (Å²) in [6, 6.07) is 63.1. The zero-order chi connectivity index (χ0) is 40.7. The molecule has 59 heavy (non-hydrogen) atoms. The van der Waals surface area contributed by atoms with Crippen molar-refractivity contribution < 1.29 is 0 Å². The molecule has 0 radical (unpaired) electrons. The van der Waals surface area contributed by atoms with E-state index < -0.39 is 8.07 Å². The van der Waals surface area contributed by atoms with Crippen molar-refractivity contribution in [1.82, 2.24) is 4.57 Å². The van der Waals surface area contributed by atoms with Gasteiger partial charge in [-0.05, 0) is 107 Å². The molecule has 1 fully saturated rings. The second kappa shape index (κ2) is 13.7. The molecule has 0 N–H and O–H groups in total. The molecule has 1 aliphatic carbocycles. The van der Waals surface area contributed by atoms with Crippen LogP contribution in [-0.2, 0) is 10.8 Å². The number of rotatable bonds is 6. The van der Waals surface area contributed by atoms with Crippen LogP contribution in [0.25, 0.3) is 27.5 Å². The highest BCUT2D eigenvalue weighted by molar-refractivity contribution is 7.19. The summed E-state index contributed by atoms with van der Waals surface area (Å²) < 4.78 is 2.56. The number of nitrogens with zero attached hydrogens (tertiary/aromatic N) is 2. The van der Waals surface area contributed by atoms with Crippen molar-refractivity contribution in [3.05, 3.63) is 186 Å². The lowest BCUT2D eigenvalue weighted by Gasteiger charge is -2.50. The van der Waals surface area contributed by atoms with Gasteiger partial charge in [0.15, 0.2) is 8.07 Å². The lowest BCUT2D eigenvalue weighted by molar-refractivity contribution is 0.195. The second-order valence-corrected chi connectivity index (χ2v) is 22.9. The highest BCUT2D eigenvalue weighted by Gasteiger charge is 2.57. The number of hydrogen-bond acceptors (Lipinski definition) is 1. The van der Waals surface area contributed by atoms with E-state index in [0.717, 1.165) is 0 Å². The number of hydrogen-bond donors (Lipinski definition) is 0. The molecule has 0 amide bonds. The van der Waals surface area contributed by atoms with E-state index in [0.29, 0.717) is 0 Å². The molecule has 2 aliphatic rings. The van der Waals surface area contributed by atoms with E-state index in [4.69, 9.17) is 0 Å². The third-order valence-electron chi connectivity index (χ3n) is 14.5. The predicted octanol–water partition coefficient (Wildman–Crippen LogP) is 11.8. The first-order chi connectivity index (χ1) is 28.4. The number of anilines is 2. The summed E-state index contributed by atoms with van der Waals surface area (Å²) in [6.45, 7) is 16.6. The molecular weight excluding hydrogens is 729 g/mol. The molecule has 1 saturated carbocycles. The Balaban J connectivity index is 1.20. The Labute approximate surface area is 352 Å². The minimum atomic E-state index is -2.71. The number of fused-ring (bicyclic) bond motifs is 6. The van der Waals surface area contributed by atoms with E-state index in [9.17, 15) is 0 Å². The van der Waals surface area contributed by atoms with Gasteiger partial charge < -0.3 is 9.47 Å². The van der Waals surface area contributed by atoms with Crippen molar-refractivity contribution in [2.45, 2.75) is 90.5 Å². The van der Waals surface area contributed by atoms with Crippen LogP contribution in [0.3, 0.4) is 0 Å². The standard InChI is InChI=1S/C56H56N2Si/c1-39-35-40(2)37-46(36-39)59(43-19-10-8-11-20-43,44-21-12-9-13-22-44)45-30-27-41(28-31-45)57-51-32-29-42(38-48(51)47-23-18-25-50(53(47)57)54(3,4)5)58-52-26-15-14-24-49(52)55(6)33-16-17-34-56(55,58)7/h8-15,18-32,35-38H,16-17,33-34H2,1-7H3. The molecule has 8 aromatic rings. The third-order valence-corrected chi connectivity index (χ3v) is 19.2. The molecule has 2 heterocycles. The Hall–Kier alpha value is -5.64. The number of para-hydroxylation sites is 2. The molecule has 0 bridgehead atoms. The van der Waals surface area contributed by atoms with Gasteiger partial charge in [-0.25, -0.2) is 0 Å². The lowest BCUT2D eigenvalue weighted by atomic mass is 9.61. The maximum atomic E-state index is 2.72. The van der Waals surface area contributed by atoms with Gasteiger partial charge in [-0.3, -0.25) is 0 Å². The van der Waals surface area contributed by atoms with E-state index >= 15 is 0 Å². The fourth-order valence-electron chi connectivity index (χ4n) is 11.6. The molecule has 294 valence electrons. The summed E-state index contributed by atoms with van der Waals surface area (Å²) in [4.78, 5) is 2.72. The summed E-state index contributed by atoms with van der Waals surface area (Å²) in [5.41, 5.74) is 12.0. The van der Waals surface area contributed by atoms with E-state index in [1.165, 1.54) is 108 Å². The maximum absolute atomic E-state index is 2.72. The molecule has 1 aliphatic heterocycles. The summed E-state index contributed by atoms with van der Waals surface area (Å²) in [7, 11) is -2.71. The normalized spacial score (nSPS) is 19.3. The predicted molar refractivity (Wildman–Crippen MR) is 255 cm³/mol. The number of aromatic nitrogens is 1. The summed E-state index contributed by atoms with van der Waals surface area (Å²) in [5.74, 6) is 0. The Morgan fingerprint density at radius 3 is 1.78 bits per heavy atom. The topological polar surface area (TPSA) is 8.17 Å². The van der Waals surface area contributed by atoms with E-state index in [1.54, 1.807) is 0 Å². The zero-order valence-electron chi connectivity index (χ0n) is 35.8. The lowest BCUT2D eigenvalue weighted by Crippen LogP contribution is -2.74. The Morgan fingerprint density at radius 2 is 1.12 bits per heavy atom. The zero-order valence-corrected chi connectivity index (χ0v) is 36.8. The monoisotopic (exact) mass is 784 g/mol. The summed E-state index contributed by atoms with van der Waals surface area (Å²) in [5, 5.41) is 8.23. The molecule has 1 aromatic heterocycles. The van der Waals surface area contributed by atoms with E-state index in [1.807, 2.05) is 0 Å². The van der Waals surface area contributed by atoms with Crippen LogP contribution in [0.5, 0.6) is 0 Å². The average Bonchev–Trinajstić information content (AvgIpc) is 3.67. The number of aryl methyl sites for hydroxylation is 2. The highest BCUT2D eigenvalue weighted by Crippen LogP contribution is 2.61. The van der Waals surface area contributed by atoms with Gasteiger partial charge in [0.05, 0.1) is 16.6 Å². The first-order valence-electron chi connectivity index (χ1n) is 21.7. The summed E-state index contributed by atoms with van der Waals surface area (Å²) in [6.07, 6.45) is 4.98. The van der Waals surface area contributed by atoms with Crippen molar-refractivity contribution in [2.24, 2.45) is 0 Å². The average molecular weight is 785 g/mol. The second-order valence-electron chi connectivity index (χ2n) is 19.1. The van der Waals surface area contributed by atoms with Crippen LogP contribution in [0.4, 0.5) is 11.4 Å². The van der Waals surface area contributed by atoms with Crippen molar-refractivity contribution >= 4 is 62.0 Å². The molecular formula is C56H56N2Si. The SMILES string of the molecule is Cc1cc(C)cc([Si](c2ccccc2)(c2ccccc2)c2ccc(-n3c4ccc(N5c6ccccc6C6(C)CCCCC56C)cc4c4cccc(C(C)(C)C)c43)cc2)c1. The summed E-state index contributed by atoms with van der Waals surface area (Å²) >= 11 is 0. The van der Waals surface area contributed by atoms with Crippen LogP contribution in [0, 0.1) is 13.8 Å². The van der Waals surface area contributed by atoms with Crippen LogP contribution in [0.2, 0.25) is 0 Å². The largest absolute Gasteiger partial charge is 0.334 e. The van der Waals surface area contributed by atoms with Gasteiger partial charge in [-0.15, -0.1) is 0 Å². The molecule has 7 aromatic carbocycles. The minimum absolute atomic E-state index is 0.0110. The molecule has 2 unspecified atom stereocenters. The third kappa shape index (κ3) is 5.57. The van der Waals surface area contributed by atoms with Gasteiger partial charge in [0.1, 0.15) is 0 Å². The highest BCUT2D eigenvalue weighted by atomic mass is 28.3. The smallest absolute Gasteiger partial charge is 0.179 e. The Bertz CT molecular complexity index is 2800. The molecule has 3 heteroatoms. The van der Waals surface area contributed by atoms with E-state index in [2.05, 4.69) is 222 Å². The fraction of sp³-hybridized carbons (Fsp3) is 0.250. The molecule has 0 spiro atoms. The first-order valence-corrected chi connectivity index (χ1v) is 23.7. The van der Waals surface area contributed by atoms with E-state index in [-0.39, 0.29) is 16.4 Å². The van der Waals surface area contributed by atoms with Crippen molar-refractivity contribution in [3.63, 3.8) is 0 Å². The maximum Gasteiger partial charge on any atom is 0.179 e. The first kappa shape index (κ1) is 37.6. The van der Waals surface area contributed by atoms with Gasteiger partial charge in [-0.2, -0.15) is 0 Å². The van der Waals surface area contributed by atoms with Crippen LogP contribution in [0.1, 0.15) is 82.6 Å². The Kier molecular flexibility index (Phi) is 8.74. The van der Waals surface area contributed by atoms with Crippen LogP contribution >= 0.6 is 0 Å². The van der Waals surface area contributed by atoms with Gasteiger partial charge >= 0.3 is 0 Å². The molecule has 0 saturated heterocycles. The quantitative estimate of drug-likeness (QED) is 0.120. The minimum Gasteiger partial charge on any atom is -0.334 e. The van der Waals surface area contributed by atoms with Crippen molar-refractivity contribution in [1.29, 1.82) is 0 Å². The van der Waals surface area contributed by atoms with Gasteiger partial charge in [0, 0.05) is 33.2 Å². The van der Waals surface area contributed by atoms with Gasteiger partial charge in [0.2, 0.25) is 0 Å². The Morgan fingerprint density at radius 1 is 0.525 bits per heavy atom. The molecule has 2 atom stereocenters. The fourth-order valence-corrected chi connectivity index (χ4v) is 16.5. The van der Waals surface area contributed by atoms with Gasteiger partial charge in [0.25, 0.3) is 0 Å². The van der Waals surface area contributed by atoms with Crippen LogP contribution in [-0.4, -0.2) is 18.2 Å². The molecule has 2 nitrogen and oxygen atoms in total. The number of benzene rings is 7. The van der Waals surface area contributed by atoms with Crippen molar-refractivity contribution in [3.8, 4) is 5.69 Å². The van der Waals surface area contributed by atoms with Crippen LogP contribution < -0.4 is 25.6 Å².